The van der Waals surface area contributed by atoms with Gasteiger partial charge < -0.3 is 15.1 Å². The predicted octanol–water partition coefficient (Wildman–Crippen LogP) is 3.44. The van der Waals surface area contributed by atoms with Crippen LogP contribution in [0.5, 0.6) is 0 Å². The van der Waals surface area contributed by atoms with Crippen molar-refractivity contribution in [3.05, 3.63) is 89.9 Å². The van der Waals surface area contributed by atoms with Gasteiger partial charge in [-0.2, -0.15) is 0 Å². The van der Waals surface area contributed by atoms with Crippen LogP contribution in [0.1, 0.15) is 28.6 Å². The van der Waals surface area contributed by atoms with Crippen LogP contribution in [0.3, 0.4) is 0 Å². The lowest BCUT2D eigenvalue weighted by Gasteiger charge is -2.13. The lowest BCUT2D eigenvalue weighted by atomic mass is 10.1. The summed E-state index contributed by atoms with van der Waals surface area (Å²) in [6.07, 6.45) is 1.40. The van der Waals surface area contributed by atoms with Crippen molar-refractivity contribution in [3.63, 3.8) is 0 Å². The summed E-state index contributed by atoms with van der Waals surface area (Å²) >= 11 is 0. The Morgan fingerprint density at radius 1 is 0.926 bits per heavy atom. The molecule has 3 rings (SSSR count). The molecular formula is C22H18N2O3. The first-order valence-electron chi connectivity index (χ1n) is 8.44. The summed E-state index contributed by atoms with van der Waals surface area (Å²) in [6, 6.07) is 19.3. The van der Waals surface area contributed by atoms with E-state index in [1.54, 1.807) is 25.1 Å². The summed E-state index contributed by atoms with van der Waals surface area (Å²) in [4.78, 5) is 24.3. The molecule has 2 aromatic carbocycles. The van der Waals surface area contributed by atoms with E-state index in [1.165, 1.54) is 12.3 Å². The van der Waals surface area contributed by atoms with Crippen molar-refractivity contribution in [2.45, 2.75) is 13.0 Å². The monoisotopic (exact) mass is 358 g/mol. The summed E-state index contributed by atoms with van der Waals surface area (Å²) in [6.45, 7) is 1.61. The van der Waals surface area contributed by atoms with Crippen LogP contribution in [0.15, 0.2) is 77.4 Å². The Bertz CT molecular complexity index is 983. The molecule has 0 saturated heterocycles. The van der Waals surface area contributed by atoms with Crippen molar-refractivity contribution in [1.29, 1.82) is 0 Å². The molecule has 134 valence electrons. The summed E-state index contributed by atoms with van der Waals surface area (Å²) < 4.78 is 5.01. The van der Waals surface area contributed by atoms with Crippen molar-refractivity contribution in [1.82, 2.24) is 5.32 Å². The van der Waals surface area contributed by atoms with Gasteiger partial charge in [-0.05, 0) is 49.4 Å². The van der Waals surface area contributed by atoms with E-state index in [9.17, 15) is 9.59 Å². The number of carbonyl (C=O) groups is 2. The normalized spacial score (nSPS) is 11.0. The highest BCUT2D eigenvalue weighted by Gasteiger charge is 2.18. The third-order valence-electron chi connectivity index (χ3n) is 3.74. The second-order valence-electron chi connectivity index (χ2n) is 5.86. The Kier molecular flexibility index (Phi) is 5.70. The third-order valence-corrected chi connectivity index (χ3v) is 3.74. The largest absolute Gasteiger partial charge is 0.459 e. The molecule has 0 aliphatic carbocycles. The molecule has 2 amide bonds. The van der Waals surface area contributed by atoms with Crippen molar-refractivity contribution in [2.75, 3.05) is 5.32 Å². The topological polar surface area (TPSA) is 71.3 Å². The molecule has 1 aromatic heterocycles. The van der Waals surface area contributed by atoms with Crippen LogP contribution in [-0.2, 0) is 4.79 Å². The molecule has 0 fully saturated rings. The van der Waals surface area contributed by atoms with Gasteiger partial charge in [0.1, 0.15) is 6.04 Å². The van der Waals surface area contributed by atoms with Gasteiger partial charge in [0.2, 0.25) is 5.91 Å². The number of furan rings is 1. The first-order valence-corrected chi connectivity index (χ1v) is 8.44. The molecule has 2 N–H and O–H groups in total. The zero-order valence-electron chi connectivity index (χ0n) is 14.7. The highest BCUT2D eigenvalue weighted by molar-refractivity contribution is 5.99. The highest BCUT2D eigenvalue weighted by Crippen LogP contribution is 2.11. The van der Waals surface area contributed by atoms with Crippen molar-refractivity contribution in [2.24, 2.45) is 0 Å². The Morgan fingerprint density at radius 2 is 1.67 bits per heavy atom. The highest BCUT2D eigenvalue weighted by atomic mass is 16.3. The molecule has 3 aromatic rings. The second-order valence-corrected chi connectivity index (χ2v) is 5.86. The molecule has 5 nitrogen and oxygen atoms in total. The lowest BCUT2D eigenvalue weighted by molar-refractivity contribution is -0.117. The summed E-state index contributed by atoms with van der Waals surface area (Å²) in [7, 11) is 0. The molecule has 0 aliphatic rings. The molecule has 0 unspecified atom stereocenters. The number of benzene rings is 2. The lowest BCUT2D eigenvalue weighted by Crippen LogP contribution is -2.41. The number of anilines is 1. The van der Waals surface area contributed by atoms with Crippen molar-refractivity contribution < 1.29 is 14.0 Å². The molecule has 0 radical (unpaired) electrons. The van der Waals surface area contributed by atoms with Crippen LogP contribution >= 0.6 is 0 Å². The van der Waals surface area contributed by atoms with Gasteiger partial charge in [0.05, 0.1) is 6.26 Å². The molecular weight excluding hydrogens is 340 g/mol. The number of rotatable bonds is 4. The van der Waals surface area contributed by atoms with Gasteiger partial charge in [-0.25, -0.2) is 0 Å². The molecule has 0 bridgehead atoms. The van der Waals surface area contributed by atoms with Crippen molar-refractivity contribution >= 4 is 17.5 Å². The van der Waals surface area contributed by atoms with Crippen LogP contribution in [0.4, 0.5) is 5.69 Å². The van der Waals surface area contributed by atoms with Gasteiger partial charge in [-0.1, -0.05) is 36.1 Å². The van der Waals surface area contributed by atoms with E-state index in [-0.39, 0.29) is 11.7 Å². The Morgan fingerprint density at radius 3 is 2.41 bits per heavy atom. The Balaban J connectivity index is 1.62. The summed E-state index contributed by atoms with van der Waals surface area (Å²) in [5.41, 5.74) is 2.31. The van der Waals surface area contributed by atoms with E-state index in [1.807, 2.05) is 42.5 Å². The molecule has 0 saturated carbocycles. The molecule has 5 heteroatoms. The number of amides is 2. The Labute approximate surface area is 157 Å². The quantitative estimate of drug-likeness (QED) is 0.702. The van der Waals surface area contributed by atoms with Crippen LogP contribution in [-0.4, -0.2) is 17.9 Å². The molecule has 1 heterocycles. The molecule has 0 spiro atoms. The fraction of sp³-hybridized carbons (Fsp3) is 0.0909. The first kappa shape index (κ1) is 18.0. The average molecular weight is 358 g/mol. The fourth-order valence-corrected chi connectivity index (χ4v) is 2.33. The second kappa shape index (κ2) is 8.54. The number of nitrogens with one attached hydrogen (secondary N) is 2. The minimum Gasteiger partial charge on any atom is -0.459 e. The van der Waals surface area contributed by atoms with E-state index in [2.05, 4.69) is 22.5 Å². The van der Waals surface area contributed by atoms with Gasteiger partial charge in [0.15, 0.2) is 5.76 Å². The van der Waals surface area contributed by atoms with E-state index in [0.717, 1.165) is 11.1 Å². The zero-order chi connectivity index (χ0) is 19.1. The van der Waals surface area contributed by atoms with E-state index in [4.69, 9.17) is 4.42 Å². The van der Waals surface area contributed by atoms with Crippen LogP contribution in [0, 0.1) is 11.8 Å². The zero-order valence-corrected chi connectivity index (χ0v) is 14.7. The number of carbonyl (C=O) groups excluding carboxylic acids is 2. The maximum atomic E-state index is 12.3. The van der Waals surface area contributed by atoms with Crippen LogP contribution < -0.4 is 10.6 Å². The van der Waals surface area contributed by atoms with Gasteiger partial charge in [0, 0.05) is 16.8 Å². The maximum Gasteiger partial charge on any atom is 0.287 e. The SMILES string of the molecule is C[C@@H](NC(=O)c1ccco1)C(=O)Nc1cccc(C#Cc2ccccc2)c1. The van der Waals surface area contributed by atoms with Gasteiger partial charge in [-0.3, -0.25) is 9.59 Å². The molecule has 1 atom stereocenters. The van der Waals surface area contributed by atoms with Gasteiger partial charge >= 0.3 is 0 Å². The minimum atomic E-state index is -0.721. The van der Waals surface area contributed by atoms with E-state index < -0.39 is 11.9 Å². The Hall–Kier alpha value is -3.78. The van der Waals surface area contributed by atoms with E-state index >= 15 is 0 Å². The number of hydrogen-bond donors (Lipinski definition) is 2. The maximum absolute atomic E-state index is 12.3. The van der Waals surface area contributed by atoms with Gasteiger partial charge in [0.25, 0.3) is 5.91 Å². The fourth-order valence-electron chi connectivity index (χ4n) is 2.33. The summed E-state index contributed by atoms with van der Waals surface area (Å²) in [5.74, 6) is 5.54. The first-order chi connectivity index (χ1) is 13.1. The molecule has 27 heavy (non-hydrogen) atoms. The average Bonchev–Trinajstić information content (AvgIpc) is 3.22. The third kappa shape index (κ3) is 5.10. The van der Waals surface area contributed by atoms with Crippen LogP contribution in [0.2, 0.25) is 0 Å². The standard InChI is InChI=1S/C22H18N2O3/c1-16(23-22(26)20-11-6-14-27-20)21(25)24-19-10-5-9-18(15-19)13-12-17-7-3-2-4-8-17/h2-11,14-16H,1H3,(H,23,26)(H,24,25)/t16-/m1/s1. The van der Waals surface area contributed by atoms with Crippen molar-refractivity contribution in [3.8, 4) is 11.8 Å². The number of hydrogen-bond acceptors (Lipinski definition) is 3. The minimum absolute atomic E-state index is 0.160. The summed E-state index contributed by atoms with van der Waals surface area (Å²) in [5, 5.41) is 5.37. The predicted molar refractivity (Wildman–Crippen MR) is 103 cm³/mol. The smallest absolute Gasteiger partial charge is 0.287 e. The van der Waals surface area contributed by atoms with E-state index in [0.29, 0.717) is 5.69 Å². The van der Waals surface area contributed by atoms with Crippen LogP contribution in [0.25, 0.3) is 0 Å². The van der Waals surface area contributed by atoms with Gasteiger partial charge in [-0.15, -0.1) is 0 Å². The molecule has 0 aliphatic heterocycles.